The van der Waals surface area contributed by atoms with Gasteiger partial charge in [0.05, 0.1) is 17.7 Å². The fraction of sp³-hybridized carbons (Fsp3) is 0.105. The zero-order chi connectivity index (χ0) is 19.2. The van der Waals surface area contributed by atoms with Gasteiger partial charge in [-0.2, -0.15) is 0 Å². The number of benzene rings is 2. The standard InChI is InChI=1S/C19H16N4O4/c24-18(15-4-2-1-3-5-15)11-19(25)21-16-7-6-14(10-17(16)23(26)27)12-22-9-8-20-13-22/h1-10,13H,11-12H2,(H,21,25). The van der Waals surface area contributed by atoms with Crippen LogP contribution in [0.15, 0.2) is 67.3 Å². The van der Waals surface area contributed by atoms with Crippen molar-refractivity contribution in [3.8, 4) is 0 Å². The van der Waals surface area contributed by atoms with Gasteiger partial charge in [-0.1, -0.05) is 36.4 Å². The van der Waals surface area contributed by atoms with Crippen molar-refractivity contribution in [2.45, 2.75) is 13.0 Å². The predicted molar refractivity (Wildman–Crippen MR) is 98.4 cm³/mol. The number of aromatic nitrogens is 2. The van der Waals surface area contributed by atoms with Gasteiger partial charge < -0.3 is 9.88 Å². The summed E-state index contributed by atoms with van der Waals surface area (Å²) in [5, 5.41) is 13.8. The molecule has 0 fully saturated rings. The van der Waals surface area contributed by atoms with Crippen molar-refractivity contribution < 1.29 is 14.5 Å². The number of hydrogen-bond donors (Lipinski definition) is 1. The Hall–Kier alpha value is -3.81. The van der Waals surface area contributed by atoms with E-state index in [1.54, 1.807) is 59.7 Å². The molecule has 27 heavy (non-hydrogen) atoms. The SMILES string of the molecule is O=C(CC(=O)c1ccccc1)Nc1ccc(Cn2ccnc2)cc1[N+](=O)[O-]. The molecule has 0 saturated heterocycles. The third-order valence-electron chi connectivity index (χ3n) is 3.87. The molecule has 0 saturated carbocycles. The van der Waals surface area contributed by atoms with E-state index in [0.717, 1.165) is 0 Å². The van der Waals surface area contributed by atoms with Crippen molar-refractivity contribution in [3.63, 3.8) is 0 Å². The molecular weight excluding hydrogens is 348 g/mol. The van der Waals surface area contributed by atoms with Crippen LogP contribution in [0.25, 0.3) is 0 Å². The molecule has 2 aromatic carbocycles. The van der Waals surface area contributed by atoms with Crippen LogP contribution in [0.1, 0.15) is 22.3 Å². The number of Topliss-reactive ketones (excluding diaryl/α,β-unsaturated/α-hetero) is 1. The fourth-order valence-electron chi connectivity index (χ4n) is 2.59. The minimum atomic E-state index is -0.602. The summed E-state index contributed by atoms with van der Waals surface area (Å²) in [6.07, 6.45) is 4.58. The largest absolute Gasteiger partial charge is 0.333 e. The molecule has 0 atom stereocenters. The van der Waals surface area contributed by atoms with Gasteiger partial charge in [0.15, 0.2) is 5.78 Å². The highest BCUT2D eigenvalue weighted by atomic mass is 16.6. The maximum absolute atomic E-state index is 12.1. The zero-order valence-corrected chi connectivity index (χ0v) is 14.2. The van der Waals surface area contributed by atoms with Gasteiger partial charge in [0.2, 0.25) is 5.91 Å². The molecule has 1 amide bonds. The number of imidazole rings is 1. The first-order chi connectivity index (χ1) is 13.0. The first kappa shape index (κ1) is 18.0. The Bertz CT molecular complexity index is 969. The molecule has 8 nitrogen and oxygen atoms in total. The van der Waals surface area contributed by atoms with Gasteiger partial charge in [-0.3, -0.25) is 19.7 Å². The van der Waals surface area contributed by atoms with Crippen molar-refractivity contribution >= 4 is 23.1 Å². The fourth-order valence-corrected chi connectivity index (χ4v) is 2.59. The summed E-state index contributed by atoms with van der Waals surface area (Å²) in [6, 6.07) is 13.0. The quantitative estimate of drug-likeness (QED) is 0.300. The maximum atomic E-state index is 12.1. The Morgan fingerprint density at radius 1 is 1.15 bits per heavy atom. The van der Waals surface area contributed by atoms with Gasteiger partial charge in [-0.05, 0) is 11.6 Å². The normalized spacial score (nSPS) is 10.4. The van der Waals surface area contributed by atoms with Crippen LogP contribution in [0.5, 0.6) is 0 Å². The summed E-state index contributed by atoms with van der Waals surface area (Å²) in [5.41, 5.74) is 0.934. The molecule has 0 spiro atoms. The molecule has 0 aliphatic heterocycles. The van der Waals surface area contributed by atoms with Crippen molar-refractivity contribution in [1.82, 2.24) is 9.55 Å². The number of amides is 1. The monoisotopic (exact) mass is 364 g/mol. The van der Waals surface area contributed by atoms with Crippen molar-refractivity contribution in [3.05, 3.63) is 88.5 Å². The number of nitro groups is 1. The van der Waals surface area contributed by atoms with Crippen LogP contribution in [-0.4, -0.2) is 26.2 Å². The smallest absolute Gasteiger partial charge is 0.293 e. The minimum absolute atomic E-state index is 0.0558. The van der Waals surface area contributed by atoms with Crippen molar-refractivity contribution in [1.29, 1.82) is 0 Å². The second kappa shape index (κ2) is 8.05. The van der Waals surface area contributed by atoms with E-state index in [4.69, 9.17) is 0 Å². The summed E-state index contributed by atoms with van der Waals surface area (Å²) in [5.74, 6) is -0.957. The van der Waals surface area contributed by atoms with E-state index in [-0.39, 0.29) is 17.2 Å². The molecule has 3 aromatic rings. The third kappa shape index (κ3) is 4.63. The Morgan fingerprint density at radius 2 is 1.93 bits per heavy atom. The van der Waals surface area contributed by atoms with Gasteiger partial charge >= 0.3 is 0 Å². The molecule has 0 radical (unpaired) electrons. The number of carbonyl (C=O) groups is 2. The van der Waals surface area contributed by atoms with Gasteiger partial charge in [0.25, 0.3) is 5.69 Å². The molecule has 136 valence electrons. The summed E-state index contributed by atoms with van der Waals surface area (Å²) < 4.78 is 1.77. The molecule has 3 rings (SSSR count). The van der Waals surface area contributed by atoms with E-state index in [1.165, 1.54) is 12.1 Å². The number of ketones is 1. The third-order valence-corrected chi connectivity index (χ3v) is 3.87. The lowest BCUT2D eigenvalue weighted by Crippen LogP contribution is -2.17. The van der Waals surface area contributed by atoms with Crippen LogP contribution >= 0.6 is 0 Å². The summed E-state index contributed by atoms with van der Waals surface area (Å²) >= 11 is 0. The maximum Gasteiger partial charge on any atom is 0.293 e. The number of rotatable bonds is 7. The van der Waals surface area contributed by atoms with Gasteiger partial charge in [0, 0.05) is 30.6 Å². The van der Waals surface area contributed by atoms with Crippen LogP contribution in [0.4, 0.5) is 11.4 Å². The van der Waals surface area contributed by atoms with Gasteiger partial charge in [-0.15, -0.1) is 0 Å². The van der Waals surface area contributed by atoms with E-state index in [9.17, 15) is 19.7 Å². The topological polar surface area (TPSA) is 107 Å². The molecule has 0 aliphatic carbocycles. The van der Waals surface area contributed by atoms with E-state index in [0.29, 0.717) is 17.7 Å². The lowest BCUT2D eigenvalue weighted by molar-refractivity contribution is -0.384. The lowest BCUT2D eigenvalue weighted by atomic mass is 10.1. The molecule has 1 N–H and O–H groups in total. The molecule has 1 aromatic heterocycles. The van der Waals surface area contributed by atoms with E-state index >= 15 is 0 Å². The molecule has 8 heteroatoms. The minimum Gasteiger partial charge on any atom is -0.333 e. The van der Waals surface area contributed by atoms with E-state index in [2.05, 4.69) is 10.3 Å². The van der Waals surface area contributed by atoms with Crippen LogP contribution in [0, 0.1) is 10.1 Å². The number of nitrogens with zero attached hydrogens (tertiary/aromatic N) is 3. The number of anilines is 1. The number of hydrogen-bond acceptors (Lipinski definition) is 5. The Morgan fingerprint density at radius 3 is 2.59 bits per heavy atom. The summed E-state index contributed by atoms with van der Waals surface area (Å²) in [6.45, 7) is 0.418. The predicted octanol–water partition coefficient (Wildman–Crippen LogP) is 3.05. The number of nitrogens with one attached hydrogen (secondary N) is 1. The second-order valence-electron chi connectivity index (χ2n) is 5.86. The molecule has 1 heterocycles. The van der Waals surface area contributed by atoms with Crippen LogP contribution in [0.2, 0.25) is 0 Å². The summed E-state index contributed by atoms with van der Waals surface area (Å²) in [7, 11) is 0. The Balaban J connectivity index is 1.72. The highest BCUT2D eigenvalue weighted by Gasteiger charge is 2.19. The average Bonchev–Trinajstić information content (AvgIpc) is 3.16. The van der Waals surface area contributed by atoms with Gasteiger partial charge in [-0.25, -0.2) is 4.98 Å². The van der Waals surface area contributed by atoms with E-state index < -0.39 is 17.3 Å². The average molecular weight is 364 g/mol. The first-order valence-corrected chi connectivity index (χ1v) is 8.14. The second-order valence-corrected chi connectivity index (χ2v) is 5.86. The lowest BCUT2D eigenvalue weighted by Gasteiger charge is -2.08. The Labute approximate surface area is 154 Å². The molecule has 0 unspecified atom stereocenters. The molecular formula is C19H16N4O4. The summed E-state index contributed by atoms with van der Waals surface area (Å²) in [4.78, 5) is 39.0. The number of nitro benzene ring substituents is 1. The van der Waals surface area contributed by atoms with Gasteiger partial charge in [0.1, 0.15) is 5.69 Å². The zero-order valence-electron chi connectivity index (χ0n) is 14.2. The molecule has 0 bridgehead atoms. The van der Waals surface area contributed by atoms with Crippen LogP contribution in [-0.2, 0) is 11.3 Å². The highest BCUT2D eigenvalue weighted by Crippen LogP contribution is 2.26. The first-order valence-electron chi connectivity index (χ1n) is 8.14. The van der Waals surface area contributed by atoms with Crippen LogP contribution < -0.4 is 5.32 Å². The highest BCUT2D eigenvalue weighted by molar-refractivity contribution is 6.11. The Kier molecular flexibility index (Phi) is 5.36. The molecule has 0 aliphatic rings. The number of carbonyl (C=O) groups excluding carboxylic acids is 2. The van der Waals surface area contributed by atoms with Crippen molar-refractivity contribution in [2.24, 2.45) is 0 Å². The van der Waals surface area contributed by atoms with Crippen LogP contribution in [0.3, 0.4) is 0 Å². The van der Waals surface area contributed by atoms with Crippen molar-refractivity contribution in [2.75, 3.05) is 5.32 Å². The van der Waals surface area contributed by atoms with E-state index in [1.807, 2.05) is 0 Å².